The zero-order valence-electron chi connectivity index (χ0n) is 40.8. The summed E-state index contributed by atoms with van der Waals surface area (Å²) < 4.78 is 42.9. The summed E-state index contributed by atoms with van der Waals surface area (Å²) in [5, 5.41) is 16.7. The molecule has 0 aromatic heterocycles. The Morgan fingerprint density at radius 1 is 0.814 bits per heavy atom. The number of ketones is 1. The molecule has 11 unspecified atom stereocenters. The van der Waals surface area contributed by atoms with Crippen LogP contribution in [0.15, 0.2) is 132 Å². The van der Waals surface area contributed by atoms with Crippen LogP contribution in [0.25, 0.3) is 0 Å². The average Bonchev–Trinajstić information content (AvgIpc) is 3.35. The lowest BCUT2D eigenvalue weighted by Gasteiger charge is -2.68. The van der Waals surface area contributed by atoms with Gasteiger partial charge in [-0.25, -0.2) is 9.59 Å². The number of carbonyl (C=O) groups excluding carboxylic acids is 5. The van der Waals surface area contributed by atoms with Gasteiger partial charge in [0.1, 0.15) is 37.5 Å². The van der Waals surface area contributed by atoms with Crippen LogP contribution in [0.4, 0.5) is 4.79 Å². The van der Waals surface area contributed by atoms with Gasteiger partial charge < -0.3 is 43.6 Å². The van der Waals surface area contributed by atoms with Crippen molar-refractivity contribution in [3.05, 3.63) is 155 Å². The van der Waals surface area contributed by atoms with E-state index in [0.717, 1.165) is 11.1 Å². The normalized spacial score (nSPS) is 29.6. The van der Waals surface area contributed by atoms with Crippen LogP contribution in [-0.2, 0) is 60.8 Å². The van der Waals surface area contributed by atoms with E-state index in [1.54, 1.807) is 75.4 Å². The molecule has 14 nitrogen and oxygen atoms in total. The molecule has 8 rings (SSSR count). The first-order valence-electron chi connectivity index (χ1n) is 23.9. The second-order valence-electron chi connectivity index (χ2n) is 19.9. The lowest BCUT2D eigenvalue weighted by Crippen LogP contribution is -2.79. The molecule has 4 aliphatic rings. The Morgan fingerprint density at radius 2 is 1.40 bits per heavy atom. The Kier molecular flexibility index (Phi) is 14.5. The van der Waals surface area contributed by atoms with Gasteiger partial charge >= 0.3 is 18.1 Å². The molecule has 1 saturated heterocycles. The molecule has 11 atom stereocenters. The van der Waals surface area contributed by atoms with Gasteiger partial charge in [-0.3, -0.25) is 14.4 Å². The largest absolute Gasteiger partial charge is 0.508 e. The van der Waals surface area contributed by atoms with Crippen molar-refractivity contribution in [3.63, 3.8) is 0 Å². The molecule has 4 aromatic rings. The Bertz CT molecular complexity index is 2570. The van der Waals surface area contributed by atoms with Crippen LogP contribution in [0.2, 0.25) is 0 Å². The smallest absolute Gasteiger partial charge is 0.456 e. The molecule has 1 amide bonds. The number of hydrogen-bond donors (Lipinski definition) is 2. The summed E-state index contributed by atoms with van der Waals surface area (Å²) in [5.41, 5.74) is -2.22. The van der Waals surface area contributed by atoms with Gasteiger partial charge in [0, 0.05) is 42.6 Å². The van der Waals surface area contributed by atoms with E-state index in [1.807, 2.05) is 87.5 Å². The van der Waals surface area contributed by atoms with E-state index in [2.05, 4.69) is 5.32 Å². The first kappa shape index (κ1) is 50.2. The van der Waals surface area contributed by atoms with Crippen LogP contribution in [-0.4, -0.2) is 83.9 Å². The molecule has 370 valence electrons. The fourth-order valence-electron chi connectivity index (χ4n) is 12.2. The Labute approximate surface area is 409 Å². The molecule has 0 spiro atoms. The van der Waals surface area contributed by atoms with Gasteiger partial charge in [0.05, 0.1) is 30.3 Å². The summed E-state index contributed by atoms with van der Waals surface area (Å²) in [6.45, 7) is 11.8. The fraction of sp³-hybridized carbons (Fsp3) is 0.446. The maximum Gasteiger partial charge on any atom is 0.508 e. The first-order valence-corrected chi connectivity index (χ1v) is 23.9. The molecule has 1 aliphatic heterocycles. The Balaban J connectivity index is 1.16. The third kappa shape index (κ3) is 9.30. The standard InChI is InChI=1S/C56H63NO13/c1-34-42(68-51(61)47(67-33-64-30-38-20-12-8-13-21-38)46(40-24-16-10-17-25-40)57-50(60)41-26-18-11-19-27-41)29-56(63)36(3)48-54(7,49(59)35(2)45(34)53(56,5)6)43(28-44-55(48,32-66-44)70-37(4)58)69-52(62)65-31-39-22-14-9-15-23-39/h8-27,35-36,42-44,46-48,63H,28-33H2,1-7H3,(H,57,60). The van der Waals surface area contributed by atoms with Crippen LogP contribution >= 0.6 is 0 Å². The number of Topliss-reactive ketones (excluding diaryl/α,β-unsaturated/α-hetero) is 1. The van der Waals surface area contributed by atoms with E-state index in [0.29, 0.717) is 22.3 Å². The van der Waals surface area contributed by atoms with Crippen molar-refractivity contribution in [3.8, 4) is 0 Å². The van der Waals surface area contributed by atoms with Crippen LogP contribution in [0.1, 0.15) is 94.4 Å². The SMILES string of the molecule is CC(=O)OC12COC1CC(OC(=O)OCc1ccccc1)C1(C)C(=O)C(C)C3=C(C)C(OC(=O)C(OCOCc4ccccc4)C(NC(=O)c4ccccc4)c4ccccc4)CC(O)(C(C)C21)C3(C)C. The van der Waals surface area contributed by atoms with E-state index in [-0.39, 0.29) is 45.2 Å². The summed E-state index contributed by atoms with van der Waals surface area (Å²) in [6.07, 6.45) is -5.61. The minimum Gasteiger partial charge on any atom is -0.456 e. The highest BCUT2D eigenvalue weighted by atomic mass is 16.7. The molecule has 3 fully saturated rings. The lowest BCUT2D eigenvalue weighted by atomic mass is 9.42. The zero-order valence-corrected chi connectivity index (χ0v) is 40.8. The second kappa shape index (κ2) is 20.3. The monoisotopic (exact) mass is 957 g/mol. The summed E-state index contributed by atoms with van der Waals surface area (Å²) in [5.74, 6) is -5.05. The number of aliphatic hydroxyl groups is 1. The van der Waals surface area contributed by atoms with Gasteiger partial charge in [-0.2, -0.15) is 0 Å². The van der Waals surface area contributed by atoms with Crippen molar-refractivity contribution in [1.82, 2.24) is 5.32 Å². The van der Waals surface area contributed by atoms with Crippen molar-refractivity contribution in [1.29, 1.82) is 0 Å². The number of esters is 2. The van der Waals surface area contributed by atoms with Crippen LogP contribution in [0.5, 0.6) is 0 Å². The average molecular weight is 958 g/mol. The minimum absolute atomic E-state index is 0.0197. The third-order valence-corrected chi connectivity index (χ3v) is 15.6. The van der Waals surface area contributed by atoms with Gasteiger partial charge in [-0.05, 0) is 59.7 Å². The van der Waals surface area contributed by atoms with Crippen LogP contribution in [0.3, 0.4) is 0 Å². The maximum atomic E-state index is 15.8. The van der Waals surface area contributed by atoms with E-state index < -0.39 is 94.2 Å². The minimum atomic E-state index is -1.77. The molecule has 2 bridgehead atoms. The quantitative estimate of drug-likeness (QED) is 0.0381. The number of benzene rings is 4. The van der Waals surface area contributed by atoms with Gasteiger partial charge in [0.2, 0.25) is 0 Å². The summed E-state index contributed by atoms with van der Waals surface area (Å²) in [7, 11) is 0. The second-order valence-corrected chi connectivity index (χ2v) is 19.9. The molecule has 4 aromatic carbocycles. The van der Waals surface area contributed by atoms with E-state index in [4.69, 9.17) is 33.2 Å². The molecule has 70 heavy (non-hydrogen) atoms. The molecule has 2 saturated carbocycles. The molecule has 2 N–H and O–H groups in total. The third-order valence-electron chi connectivity index (χ3n) is 15.6. The van der Waals surface area contributed by atoms with Gasteiger partial charge in [0.25, 0.3) is 5.91 Å². The number of ether oxygens (including phenoxy) is 7. The predicted octanol–water partition coefficient (Wildman–Crippen LogP) is 8.41. The molecule has 14 heteroatoms. The van der Waals surface area contributed by atoms with Gasteiger partial charge in [-0.1, -0.05) is 137 Å². The Morgan fingerprint density at radius 3 is 1.99 bits per heavy atom. The topological polar surface area (TPSA) is 182 Å². The van der Waals surface area contributed by atoms with Gasteiger partial charge in [-0.15, -0.1) is 0 Å². The highest BCUT2D eigenvalue weighted by Crippen LogP contribution is 2.66. The Hall–Kier alpha value is -6.19. The summed E-state index contributed by atoms with van der Waals surface area (Å²) >= 11 is 0. The summed E-state index contributed by atoms with van der Waals surface area (Å²) in [4.78, 5) is 71.4. The molecule has 3 aliphatic carbocycles. The highest BCUT2D eigenvalue weighted by Gasteiger charge is 2.76. The number of carbonyl (C=O) groups is 5. The van der Waals surface area contributed by atoms with Crippen molar-refractivity contribution in [2.75, 3.05) is 13.4 Å². The number of nitrogens with one attached hydrogen (secondary N) is 1. The van der Waals surface area contributed by atoms with E-state index in [1.165, 1.54) is 6.92 Å². The highest BCUT2D eigenvalue weighted by molar-refractivity contribution is 5.95. The number of rotatable bonds is 15. The summed E-state index contributed by atoms with van der Waals surface area (Å²) in [6, 6.07) is 35.0. The van der Waals surface area contributed by atoms with E-state index in [9.17, 15) is 19.5 Å². The van der Waals surface area contributed by atoms with Crippen molar-refractivity contribution in [2.24, 2.45) is 28.6 Å². The molecule has 0 radical (unpaired) electrons. The molecule has 1 heterocycles. The number of hydrogen-bond acceptors (Lipinski definition) is 13. The zero-order chi connectivity index (χ0) is 50.0. The van der Waals surface area contributed by atoms with Crippen molar-refractivity contribution < 1.29 is 62.2 Å². The first-order chi connectivity index (χ1) is 33.4. The van der Waals surface area contributed by atoms with Crippen molar-refractivity contribution in [2.45, 2.75) is 116 Å². The predicted molar refractivity (Wildman–Crippen MR) is 255 cm³/mol. The van der Waals surface area contributed by atoms with E-state index >= 15 is 9.59 Å². The lowest BCUT2D eigenvalue weighted by molar-refractivity contribution is -0.338. The van der Waals surface area contributed by atoms with Crippen molar-refractivity contribution >= 4 is 29.8 Å². The maximum absolute atomic E-state index is 15.8. The van der Waals surface area contributed by atoms with Gasteiger partial charge in [0.15, 0.2) is 11.7 Å². The number of amides is 1. The fourth-order valence-corrected chi connectivity index (χ4v) is 12.2. The van der Waals surface area contributed by atoms with Crippen LogP contribution in [0, 0.1) is 28.6 Å². The number of fused-ring (bicyclic) bond motifs is 5. The molecular weight excluding hydrogens is 895 g/mol. The molecular formula is C56H63NO13. The van der Waals surface area contributed by atoms with Crippen LogP contribution < -0.4 is 5.32 Å².